The average Bonchev–Trinajstić information content (AvgIpc) is 2.28. The molecule has 18 heavy (non-hydrogen) atoms. The van der Waals surface area contributed by atoms with E-state index < -0.39 is 10.8 Å². The lowest BCUT2D eigenvalue weighted by Gasteiger charge is -2.10. The zero-order valence-electron chi connectivity index (χ0n) is 9.51. The molecule has 0 aliphatic heterocycles. The second-order valence-electron chi connectivity index (χ2n) is 3.66. The van der Waals surface area contributed by atoms with E-state index in [9.17, 15) is 14.9 Å². The van der Waals surface area contributed by atoms with Crippen molar-refractivity contribution in [3.05, 3.63) is 38.9 Å². The van der Waals surface area contributed by atoms with Crippen molar-refractivity contribution in [2.75, 3.05) is 0 Å². The number of nitriles is 1. The molecule has 1 aromatic rings. The van der Waals surface area contributed by atoms with Crippen LogP contribution in [0.1, 0.15) is 23.7 Å². The first-order valence-electron chi connectivity index (χ1n) is 5.07. The molecule has 0 radical (unpaired) electrons. The van der Waals surface area contributed by atoms with Crippen LogP contribution in [0.25, 0.3) is 0 Å². The largest absolute Gasteiger partial charge is 0.349 e. The predicted octanol–water partition coefficient (Wildman–Crippen LogP) is 2.28. The van der Waals surface area contributed by atoms with Crippen LogP contribution in [0.4, 0.5) is 5.69 Å². The third-order valence-corrected chi connectivity index (χ3v) is 2.50. The van der Waals surface area contributed by atoms with Gasteiger partial charge in [0.2, 0.25) is 0 Å². The Bertz CT molecular complexity index is 525. The van der Waals surface area contributed by atoms with Crippen molar-refractivity contribution in [3.8, 4) is 6.07 Å². The second kappa shape index (κ2) is 5.98. The van der Waals surface area contributed by atoms with E-state index in [0.29, 0.717) is 0 Å². The summed E-state index contributed by atoms with van der Waals surface area (Å²) in [5.74, 6) is -0.461. The summed E-state index contributed by atoms with van der Waals surface area (Å²) in [7, 11) is 0. The number of benzene rings is 1. The summed E-state index contributed by atoms with van der Waals surface area (Å²) in [6.07, 6.45) is 0.177. The number of nitrogens with zero attached hydrogens (tertiary/aromatic N) is 2. The van der Waals surface area contributed by atoms with Gasteiger partial charge in [0.25, 0.3) is 11.6 Å². The van der Waals surface area contributed by atoms with E-state index in [1.165, 1.54) is 12.1 Å². The summed E-state index contributed by atoms with van der Waals surface area (Å²) in [6.45, 7) is 1.68. The highest BCUT2D eigenvalue weighted by atomic mass is 35.5. The number of nitrogens with one attached hydrogen (secondary N) is 1. The monoisotopic (exact) mass is 267 g/mol. The van der Waals surface area contributed by atoms with Gasteiger partial charge in [-0.2, -0.15) is 5.26 Å². The van der Waals surface area contributed by atoms with Crippen molar-refractivity contribution in [2.24, 2.45) is 0 Å². The van der Waals surface area contributed by atoms with Gasteiger partial charge in [-0.15, -0.1) is 0 Å². The van der Waals surface area contributed by atoms with Gasteiger partial charge >= 0.3 is 0 Å². The summed E-state index contributed by atoms with van der Waals surface area (Å²) in [5, 5.41) is 21.6. The first-order valence-corrected chi connectivity index (χ1v) is 5.45. The van der Waals surface area contributed by atoms with Gasteiger partial charge in [-0.25, -0.2) is 0 Å². The Hall–Kier alpha value is -2.13. The summed E-state index contributed by atoms with van der Waals surface area (Å²) in [6, 6.07) is 5.22. The quantitative estimate of drug-likeness (QED) is 0.668. The van der Waals surface area contributed by atoms with Crippen molar-refractivity contribution in [1.29, 1.82) is 5.26 Å². The van der Waals surface area contributed by atoms with Gasteiger partial charge < -0.3 is 5.32 Å². The van der Waals surface area contributed by atoms with Crippen LogP contribution in [0.3, 0.4) is 0 Å². The number of non-ortho nitro benzene ring substituents is 1. The SMILES string of the molecule is CC(CC#N)NC(=O)c1ccc([N+](=O)[O-])cc1Cl. The zero-order chi connectivity index (χ0) is 13.7. The van der Waals surface area contributed by atoms with Crippen LogP contribution in [0.5, 0.6) is 0 Å². The van der Waals surface area contributed by atoms with Crippen molar-refractivity contribution in [2.45, 2.75) is 19.4 Å². The molecule has 0 saturated heterocycles. The Balaban J connectivity index is 2.88. The molecule has 6 nitrogen and oxygen atoms in total. The molecule has 0 fully saturated rings. The number of hydrogen-bond donors (Lipinski definition) is 1. The van der Waals surface area contributed by atoms with Crippen molar-refractivity contribution in [3.63, 3.8) is 0 Å². The van der Waals surface area contributed by atoms with Crippen LogP contribution in [0.15, 0.2) is 18.2 Å². The molecular formula is C11H10ClN3O3. The molecule has 1 amide bonds. The van der Waals surface area contributed by atoms with Crippen LogP contribution in [0.2, 0.25) is 5.02 Å². The number of rotatable bonds is 4. The molecule has 0 spiro atoms. The smallest absolute Gasteiger partial charge is 0.270 e. The van der Waals surface area contributed by atoms with Crippen LogP contribution in [-0.2, 0) is 0 Å². The molecule has 0 aliphatic rings. The van der Waals surface area contributed by atoms with E-state index in [1.54, 1.807) is 6.92 Å². The van der Waals surface area contributed by atoms with Gasteiger partial charge in [0.05, 0.1) is 28.0 Å². The van der Waals surface area contributed by atoms with Crippen LogP contribution < -0.4 is 5.32 Å². The maximum absolute atomic E-state index is 11.8. The van der Waals surface area contributed by atoms with Crippen molar-refractivity contribution in [1.82, 2.24) is 5.32 Å². The Morgan fingerprint density at radius 1 is 1.67 bits per heavy atom. The minimum atomic E-state index is -0.591. The molecule has 1 unspecified atom stereocenters. The summed E-state index contributed by atoms with van der Waals surface area (Å²) in [5.41, 5.74) is -0.0336. The van der Waals surface area contributed by atoms with E-state index in [2.05, 4.69) is 5.32 Å². The van der Waals surface area contributed by atoms with Crippen molar-refractivity contribution >= 4 is 23.2 Å². The lowest BCUT2D eigenvalue weighted by Crippen LogP contribution is -2.32. The predicted molar refractivity (Wildman–Crippen MR) is 65.3 cm³/mol. The Morgan fingerprint density at radius 2 is 2.33 bits per heavy atom. The minimum absolute atomic E-state index is 0.00542. The molecule has 7 heteroatoms. The normalized spacial score (nSPS) is 11.4. The van der Waals surface area contributed by atoms with E-state index >= 15 is 0 Å². The topological polar surface area (TPSA) is 96.0 Å². The fraction of sp³-hybridized carbons (Fsp3) is 0.273. The van der Waals surface area contributed by atoms with Crippen LogP contribution in [0, 0.1) is 21.4 Å². The molecule has 1 atom stereocenters. The third kappa shape index (κ3) is 3.43. The molecule has 0 heterocycles. The number of nitro groups is 1. The number of carbonyl (C=O) groups excluding carboxylic acids is 1. The molecule has 0 saturated carbocycles. The molecule has 0 aliphatic carbocycles. The molecular weight excluding hydrogens is 258 g/mol. The lowest BCUT2D eigenvalue weighted by atomic mass is 10.1. The Labute approximate surface area is 108 Å². The summed E-state index contributed by atoms with van der Waals surface area (Å²) in [4.78, 5) is 21.7. The summed E-state index contributed by atoms with van der Waals surface area (Å²) >= 11 is 5.80. The van der Waals surface area contributed by atoms with E-state index in [4.69, 9.17) is 16.9 Å². The highest BCUT2D eigenvalue weighted by Gasteiger charge is 2.16. The number of amides is 1. The Kier molecular flexibility index (Phi) is 4.63. The van der Waals surface area contributed by atoms with Gasteiger partial charge in [-0.3, -0.25) is 14.9 Å². The Morgan fingerprint density at radius 3 is 2.83 bits per heavy atom. The highest BCUT2D eigenvalue weighted by molar-refractivity contribution is 6.34. The fourth-order valence-corrected chi connectivity index (χ4v) is 1.55. The van der Waals surface area contributed by atoms with Gasteiger partial charge in [0.15, 0.2) is 0 Å². The standard InChI is InChI=1S/C11H10ClN3O3/c1-7(4-5-13)14-11(16)9-3-2-8(15(17)18)6-10(9)12/h2-3,6-7H,4H2,1H3,(H,14,16). The van der Waals surface area contributed by atoms with Gasteiger partial charge in [-0.1, -0.05) is 11.6 Å². The maximum Gasteiger partial charge on any atom is 0.270 e. The number of halogens is 1. The van der Waals surface area contributed by atoms with E-state index in [-0.39, 0.29) is 28.7 Å². The number of carbonyl (C=O) groups is 1. The molecule has 1 N–H and O–H groups in total. The van der Waals surface area contributed by atoms with Crippen LogP contribution in [-0.4, -0.2) is 16.9 Å². The van der Waals surface area contributed by atoms with Gasteiger partial charge in [-0.05, 0) is 13.0 Å². The molecule has 94 valence electrons. The van der Waals surface area contributed by atoms with Crippen LogP contribution >= 0.6 is 11.6 Å². The second-order valence-corrected chi connectivity index (χ2v) is 4.07. The highest BCUT2D eigenvalue weighted by Crippen LogP contribution is 2.22. The lowest BCUT2D eigenvalue weighted by molar-refractivity contribution is -0.384. The number of nitro benzene ring substituents is 1. The van der Waals surface area contributed by atoms with E-state index in [1.807, 2.05) is 6.07 Å². The maximum atomic E-state index is 11.8. The van der Waals surface area contributed by atoms with Gasteiger partial charge in [0, 0.05) is 18.2 Å². The third-order valence-electron chi connectivity index (χ3n) is 2.18. The molecule has 0 aromatic heterocycles. The van der Waals surface area contributed by atoms with E-state index in [0.717, 1.165) is 6.07 Å². The first kappa shape index (κ1) is 13.9. The minimum Gasteiger partial charge on any atom is -0.349 e. The number of hydrogen-bond acceptors (Lipinski definition) is 4. The molecule has 0 bridgehead atoms. The first-order chi connectivity index (χ1) is 8.45. The molecule has 1 aromatic carbocycles. The van der Waals surface area contributed by atoms with Crippen molar-refractivity contribution < 1.29 is 9.72 Å². The molecule has 1 rings (SSSR count). The fourth-order valence-electron chi connectivity index (χ4n) is 1.29. The summed E-state index contributed by atoms with van der Waals surface area (Å²) < 4.78 is 0. The average molecular weight is 268 g/mol. The zero-order valence-corrected chi connectivity index (χ0v) is 10.3. The van der Waals surface area contributed by atoms with Gasteiger partial charge in [0.1, 0.15) is 0 Å².